The maximum absolute atomic E-state index is 12.3. The fourth-order valence-corrected chi connectivity index (χ4v) is 3.25. The molecule has 4 N–H and O–H groups in total. The van der Waals surface area contributed by atoms with Crippen LogP contribution in [0.2, 0.25) is 0 Å². The van der Waals surface area contributed by atoms with Gasteiger partial charge in [-0.25, -0.2) is 18.1 Å². The molecular formula is C13H22N4O3S. The topological polar surface area (TPSA) is 114 Å². The van der Waals surface area contributed by atoms with Crippen LogP contribution in [0, 0.1) is 0 Å². The van der Waals surface area contributed by atoms with Gasteiger partial charge in [0.2, 0.25) is 15.9 Å². The molecule has 1 aromatic heterocycles. The molecule has 0 radical (unpaired) electrons. The lowest BCUT2D eigenvalue weighted by atomic mass is 10.0. The van der Waals surface area contributed by atoms with Crippen LogP contribution >= 0.6 is 0 Å². The van der Waals surface area contributed by atoms with Crippen molar-refractivity contribution >= 4 is 21.7 Å². The highest BCUT2D eigenvalue weighted by molar-refractivity contribution is 7.89. The van der Waals surface area contributed by atoms with E-state index >= 15 is 0 Å². The number of nitrogens with zero attached hydrogens (tertiary/aromatic N) is 1. The van der Waals surface area contributed by atoms with E-state index in [0.29, 0.717) is 12.4 Å². The van der Waals surface area contributed by atoms with E-state index in [2.05, 4.69) is 15.0 Å². The van der Waals surface area contributed by atoms with E-state index in [-0.39, 0.29) is 11.3 Å². The number of primary amides is 1. The highest BCUT2D eigenvalue weighted by atomic mass is 32.2. The molecule has 0 unspecified atom stereocenters. The Labute approximate surface area is 125 Å². The second-order valence-electron chi connectivity index (χ2n) is 5.44. The number of nitrogens with one attached hydrogen (secondary N) is 2. The highest BCUT2D eigenvalue weighted by Gasteiger charge is 2.28. The number of carbonyl (C=O) groups excluding carboxylic acids is 1. The first-order valence-electron chi connectivity index (χ1n) is 6.68. The van der Waals surface area contributed by atoms with Crippen LogP contribution in [0.5, 0.6) is 0 Å². The Morgan fingerprint density at radius 2 is 2.10 bits per heavy atom. The monoisotopic (exact) mass is 314 g/mol. The molecule has 0 spiro atoms. The van der Waals surface area contributed by atoms with Gasteiger partial charge in [-0.1, -0.05) is 6.92 Å². The summed E-state index contributed by atoms with van der Waals surface area (Å²) in [5, 5.41) is 3.02. The number of hydrogen-bond donors (Lipinski definition) is 3. The lowest BCUT2D eigenvalue weighted by Gasteiger charge is -2.24. The lowest BCUT2D eigenvalue weighted by Crippen LogP contribution is -2.45. The minimum absolute atomic E-state index is 0.0851. The van der Waals surface area contributed by atoms with Crippen molar-refractivity contribution in [1.82, 2.24) is 9.71 Å². The summed E-state index contributed by atoms with van der Waals surface area (Å²) >= 11 is 0. The van der Waals surface area contributed by atoms with E-state index in [4.69, 9.17) is 5.73 Å². The van der Waals surface area contributed by atoms with E-state index in [1.54, 1.807) is 13.8 Å². The predicted molar refractivity (Wildman–Crippen MR) is 81.2 cm³/mol. The number of hydrogen-bond acceptors (Lipinski definition) is 5. The summed E-state index contributed by atoms with van der Waals surface area (Å²) < 4.78 is 27.2. The minimum atomic E-state index is -3.75. The maximum atomic E-state index is 12.3. The SMILES string of the molecule is CCCNc1cc(S(=O)(=O)NC(C)(C)CC(N)=O)ccn1. The van der Waals surface area contributed by atoms with Crippen LogP contribution in [0.3, 0.4) is 0 Å². The zero-order valence-corrected chi connectivity index (χ0v) is 13.3. The molecule has 21 heavy (non-hydrogen) atoms. The third kappa shape index (κ3) is 5.68. The molecule has 0 atom stereocenters. The van der Waals surface area contributed by atoms with Gasteiger partial charge in [-0.15, -0.1) is 0 Å². The molecule has 0 saturated heterocycles. The number of nitrogens with two attached hydrogens (primary N) is 1. The second-order valence-corrected chi connectivity index (χ2v) is 7.12. The molecule has 0 aliphatic carbocycles. The molecule has 1 amide bonds. The largest absolute Gasteiger partial charge is 0.370 e. The molecule has 0 fully saturated rings. The molecule has 8 heteroatoms. The summed E-state index contributed by atoms with van der Waals surface area (Å²) in [6, 6.07) is 2.86. The van der Waals surface area contributed by atoms with E-state index < -0.39 is 21.5 Å². The molecule has 0 aliphatic heterocycles. The molecule has 7 nitrogen and oxygen atoms in total. The Morgan fingerprint density at radius 1 is 1.43 bits per heavy atom. The van der Waals surface area contributed by atoms with Gasteiger partial charge in [-0.3, -0.25) is 4.79 Å². The predicted octanol–water partition coefficient (Wildman–Crippen LogP) is 0.836. The van der Waals surface area contributed by atoms with Gasteiger partial charge in [-0.2, -0.15) is 0 Å². The molecule has 1 aromatic rings. The van der Waals surface area contributed by atoms with Gasteiger partial charge >= 0.3 is 0 Å². The Hall–Kier alpha value is -1.67. The zero-order chi connectivity index (χ0) is 16.1. The summed E-state index contributed by atoms with van der Waals surface area (Å²) in [6.45, 7) is 5.91. The molecule has 0 bridgehead atoms. The molecule has 0 aliphatic rings. The van der Waals surface area contributed by atoms with Gasteiger partial charge in [0.05, 0.1) is 4.90 Å². The van der Waals surface area contributed by atoms with E-state index in [1.165, 1.54) is 18.3 Å². The summed E-state index contributed by atoms with van der Waals surface area (Å²) in [4.78, 5) is 15.1. The summed E-state index contributed by atoms with van der Waals surface area (Å²) in [5.74, 6) is -0.0739. The number of aromatic nitrogens is 1. The molecule has 1 heterocycles. The normalized spacial score (nSPS) is 12.1. The van der Waals surface area contributed by atoms with Gasteiger partial charge in [0.25, 0.3) is 0 Å². The molecule has 118 valence electrons. The molecular weight excluding hydrogens is 292 g/mol. The second kappa shape index (κ2) is 6.86. The lowest BCUT2D eigenvalue weighted by molar-refractivity contribution is -0.119. The number of pyridine rings is 1. The van der Waals surface area contributed by atoms with Gasteiger partial charge in [0.15, 0.2) is 0 Å². The van der Waals surface area contributed by atoms with Crippen molar-refractivity contribution in [2.24, 2.45) is 5.73 Å². The van der Waals surface area contributed by atoms with E-state index in [1.807, 2.05) is 6.92 Å². The average Bonchev–Trinajstić information content (AvgIpc) is 2.33. The smallest absolute Gasteiger partial charge is 0.241 e. The Morgan fingerprint density at radius 3 is 2.67 bits per heavy atom. The van der Waals surface area contributed by atoms with Crippen LogP contribution in [0.4, 0.5) is 5.82 Å². The summed E-state index contributed by atoms with van der Waals surface area (Å²) in [7, 11) is -3.75. The Balaban J connectivity index is 2.94. The molecule has 0 saturated carbocycles. The third-order valence-corrected chi connectivity index (χ3v) is 4.32. The Bertz CT molecular complexity index is 599. The standard InChI is InChI=1S/C13H22N4O3S/c1-4-6-15-12-8-10(5-7-16-12)21(19,20)17-13(2,3)9-11(14)18/h5,7-8,17H,4,6,9H2,1-3H3,(H2,14,18)(H,15,16). The van der Waals surface area contributed by atoms with Crippen molar-refractivity contribution in [2.45, 2.75) is 44.0 Å². The average molecular weight is 314 g/mol. The first-order valence-corrected chi connectivity index (χ1v) is 8.17. The van der Waals surface area contributed by atoms with Crippen molar-refractivity contribution in [3.63, 3.8) is 0 Å². The van der Waals surface area contributed by atoms with Crippen LogP contribution in [0.15, 0.2) is 23.2 Å². The minimum Gasteiger partial charge on any atom is -0.370 e. The van der Waals surface area contributed by atoms with Crippen LogP contribution in [0.1, 0.15) is 33.6 Å². The van der Waals surface area contributed by atoms with E-state index in [0.717, 1.165) is 6.42 Å². The van der Waals surface area contributed by atoms with Gasteiger partial charge in [-0.05, 0) is 26.3 Å². The Kier molecular flexibility index (Phi) is 5.68. The third-order valence-electron chi connectivity index (χ3n) is 2.62. The van der Waals surface area contributed by atoms with Crippen LogP contribution in [-0.4, -0.2) is 31.4 Å². The van der Waals surface area contributed by atoms with Crippen molar-refractivity contribution in [1.29, 1.82) is 0 Å². The number of anilines is 1. The first kappa shape index (κ1) is 17.4. The van der Waals surface area contributed by atoms with Crippen LogP contribution in [-0.2, 0) is 14.8 Å². The molecule has 1 rings (SSSR count). The number of carbonyl (C=O) groups is 1. The van der Waals surface area contributed by atoms with Crippen LogP contribution in [0.25, 0.3) is 0 Å². The van der Waals surface area contributed by atoms with Crippen LogP contribution < -0.4 is 15.8 Å². The van der Waals surface area contributed by atoms with Crippen molar-refractivity contribution < 1.29 is 13.2 Å². The van der Waals surface area contributed by atoms with Crippen molar-refractivity contribution in [3.05, 3.63) is 18.3 Å². The highest BCUT2D eigenvalue weighted by Crippen LogP contribution is 2.17. The fourth-order valence-electron chi connectivity index (χ4n) is 1.82. The number of sulfonamides is 1. The van der Waals surface area contributed by atoms with Gasteiger partial charge in [0, 0.05) is 30.8 Å². The maximum Gasteiger partial charge on any atom is 0.241 e. The van der Waals surface area contributed by atoms with Gasteiger partial charge in [0.1, 0.15) is 5.82 Å². The van der Waals surface area contributed by atoms with E-state index in [9.17, 15) is 13.2 Å². The fraction of sp³-hybridized carbons (Fsp3) is 0.538. The zero-order valence-electron chi connectivity index (χ0n) is 12.5. The van der Waals surface area contributed by atoms with Gasteiger partial charge < -0.3 is 11.1 Å². The number of amides is 1. The summed E-state index contributed by atoms with van der Waals surface area (Å²) in [6.07, 6.45) is 2.24. The summed E-state index contributed by atoms with van der Waals surface area (Å²) in [5.41, 5.74) is 4.17. The molecule has 0 aromatic carbocycles. The van der Waals surface area contributed by atoms with Crippen molar-refractivity contribution in [2.75, 3.05) is 11.9 Å². The number of rotatable bonds is 8. The van der Waals surface area contributed by atoms with Crippen molar-refractivity contribution in [3.8, 4) is 0 Å². The first-order chi connectivity index (χ1) is 9.66. The quantitative estimate of drug-likeness (QED) is 0.657.